The van der Waals surface area contributed by atoms with Crippen LogP contribution in [0.1, 0.15) is 8.22 Å². The molecule has 4 rings (SSSR count). The quantitative estimate of drug-likeness (QED) is 0.412. The molecule has 0 aliphatic carbocycles. The molecule has 1 amide bonds. The SMILES string of the molecule is [2H]c1nc([2H])n(C([2H])([2H])[2H])c1-c1c(F)cncc1N[13CH]=O.[2H]c1nc2[13cH]c(N)nn2cc1F. The number of fused-ring (bicyclic) bond motifs is 1. The molecule has 0 bridgehead atoms. The van der Waals surface area contributed by atoms with Crippen LogP contribution < -0.4 is 11.1 Å². The predicted octanol–water partition coefficient (Wildman–Crippen LogP) is 1.64. The summed E-state index contributed by atoms with van der Waals surface area (Å²) in [6, 6.07) is 1.47. The van der Waals surface area contributed by atoms with E-state index in [4.69, 9.17) is 14.0 Å². The zero-order chi connectivity index (χ0) is 24.5. The number of nitrogens with one attached hydrogen (secondary N) is 1. The number of anilines is 2. The van der Waals surface area contributed by atoms with Gasteiger partial charge in [0.15, 0.2) is 17.3 Å². The van der Waals surface area contributed by atoms with Gasteiger partial charge in [-0.05, 0) is 0 Å². The molecule has 0 unspecified atom stereocenters. The Kier molecular flexibility index (Phi) is 3.27. The fourth-order valence-corrected chi connectivity index (χ4v) is 2.07. The molecule has 4 aromatic rings. The first kappa shape index (κ1) is 11.7. The number of halogens is 2. The zero-order valence-corrected chi connectivity index (χ0v) is 13.3. The fraction of sp³-hybridized carbons (Fsp3) is 0.0625. The van der Waals surface area contributed by atoms with Gasteiger partial charge in [0.2, 0.25) is 6.41 Å². The van der Waals surface area contributed by atoms with Gasteiger partial charge in [-0.3, -0.25) is 9.78 Å². The maximum absolute atomic E-state index is 14.0. The molecular weight excluding hydrogens is 360 g/mol. The van der Waals surface area contributed by atoms with Gasteiger partial charge < -0.3 is 15.6 Å². The number of aromatic nitrogens is 6. The van der Waals surface area contributed by atoms with Crippen LogP contribution in [0.5, 0.6) is 0 Å². The third-order valence-corrected chi connectivity index (χ3v) is 3.13. The summed E-state index contributed by atoms with van der Waals surface area (Å²) in [4.78, 5) is 21.1. The van der Waals surface area contributed by atoms with Crippen LogP contribution in [0.15, 0.2) is 43.3 Å². The monoisotopic (exact) mass is 380 g/mol. The van der Waals surface area contributed by atoms with Gasteiger partial charge in [-0.2, -0.15) is 0 Å². The van der Waals surface area contributed by atoms with Crippen LogP contribution >= 0.6 is 0 Å². The number of nitrogens with zero attached hydrogens (tertiary/aromatic N) is 6. The molecule has 0 aromatic carbocycles. The van der Waals surface area contributed by atoms with Crippen LogP contribution in [-0.4, -0.2) is 35.5 Å². The van der Waals surface area contributed by atoms with E-state index in [-0.39, 0.29) is 23.5 Å². The average molecular weight is 380 g/mol. The van der Waals surface area contributed by atoms with Gasteiger partial charge in [-0.15, -0.1) is 5.10 Å². The van der Waals surface area contributed by atoms with Crippen LogP contribution in [0.2, 0.25) is 0 Å². The van der Waals surface area contributed by atoms with Gasteiger partial charge in [0.25, 0.3) is 0 Å². The number of carbonyl (C=O) groups is 1. The molecule has 27 heavy (non-hydrogen) atoms. The van der Waals surface area contributed by atoms with Crippen LogP contribution in [0.25, 0.3) is 16.9 Å². The number of amides is 1. The summed E-state index contributed by atoms with van der Waals surface area (Å²) < 4.78 is 72.8. The highest BCUT2D eigenvalue weighted by molar-refractivity contribution is 5.83. The number of carbonyl (C=O) groups excluding carboxylic acids is 1. The Hall–Kier alpha value is -3.89. The van der Waals surface area contributed by atoms with E-state index >= 15 is 0 Å². The Morgan fingerprint density at radius 2 is 2.19 bits per heavy atom. The van der Waals surface area contributed by atoms with Crippen molar-refractivity contribution in [2.45, 2.75) is 0 Å². The lowest BCUT2D eigenvalue weighted by Crippen LogP contribution is -2.01. The highest BCUT2D eigenvalue weighted by atomic mass is 19.1. The molecule has 3 N–H and O–H groups in total. The van der Waals surface area contributed by atoms with Crippen molar-refractivity contribution < 1.29 is 21.8 Å². The van der Waals surface area contributed by atoms with Crippen LogP contribution in [0.4, 0.5) is 20.3 Å². The van der Waals surface area contributed by atoms with Crippen molar-refractivity contribution in [3.05, 3.63) is 54.9 Å². The molecule has 0 aliphatic heterocycles. The molecule has 0 saturated heterocycles. The van der Waals surface area contributed by atoms with Crippen molar-refractivity contribution in [1.29, 1.82) is 0 Å². The summed E-state index contributed by atoms with van der Waals surface area (Å²) in [5, 5.41) is 5.90. The Balaban J connectivity index is 0.000000215. The number of nitrogens with two attached hydrogens (primary N) is 1. The molecule has 0 spiro atoms. The average Bonchev–Trinajstić information content (AvgIpc) is 3.20. The van der Waals surface area contributed by atoms with Gasteiger partial charge in [0, 0.05) is 17.2 Å². The number of hydrogen-bond acceptors (Lipinski definition) is 6. The summed E-state index contributed by atoms with van der Waals surface area (Å²) in [6.07, 6.45) is 1.56. The Morgan fingerprint density at radius 3 is 2.96 bits per heavy atom. The van der Waals surface area contributed by atoms with Crippen molar-refractivity contribution in [2.24, 2.45) is 6.98 Å². The normalized spacial score (nSPS) is 14.0. The molecule has 0 fully saturated rings. The van der Waals surface area contributed by atoms with E-state index in [0.717, 1.165) is 18.6 Å². The minimum atomic E-state index is -2.83. The van der Waals surface area contributed by atoms with Crippen molar-refractivity contribution >= 4 is 23.6 Å². The van der Waals surface area contributed by atoms with Crippen LogP contribution in [0.3, 0.4) is 0 Å². The van der Waals surface area contributed by atoms with Gasteiger partial charge >= 0.3 is 0 Å². The first-order valence-electron chi connectivity index (χ1n) is 10.1. The van der Waals surface area contributed by atoms with Crippen molar-refractivity contribution in [1.82, 2.24) is 29.1 Å². The second-order valence-corrected chi connectivity index (χ2v) is 4.89. The standard InChI is InChI=1S/C10H9FN4O.C6H5FN4/c1-15-5-13-4-9(15)10-7(11)2-12-3-8(10)14-6-16;7-4-2-9-6-1-5(8)10-11(6)3-4/h2-6H,1H3,(H,14,16);1-3H,(H2,8,10)/i1D3,4D,5D,6+1;1+1,2D. The van der Waals surface area contributed by atoms with E-state index in [0.29, 0.717) is 10.2 Å². The van der Waals surface area contributed by atoms with E-state index in [2.05, 4.69) is 25.4 Å². The summed E-state index contributed by atoms with van der Waals surface area (Å²) in [5.74, 6) is -1.40. The van der Waals surface area contributed by atoms with E-state index in [1.54, 1.807) is 0 Å². The summed E-state index contributed by atoms with van der Waals surface area (Å²) in [7, 11) is 0. The lowest BCUT2D eigenvalue weighted by molar-refractivity contribution is -0.105. The predicted molar refractivity (Wildman–Crippen MR) is 93.4 cm³/mol. The minimum Gasteiger partial charge on any atom is -0.382 e. The third-order valence-electron chi connectivity index (χ3n) is 3.13. The van der Waals surface area contributed by atoms with Gasteiger partial charge in [-0.1, -0.05) is 0 Å². The first-order chi connectivity index (χ1) is 15.4. The topological polar surface area (TPSA) is 116 Å². The largest absolute Gasteiger partial charge is 0.382 e. The molecular formula is C16H14F2N8O. The van der Waals surface area contributed by atoms with Gasteiger partial charge in [0.05, 0.1) is 56.9 Å². The second kappa shape index (κ2) is 7.56. The second-order valence-electron chi connectivity index (χ2n) is 4.89. The summed E-state index contributed by atoms with van der Waals surface area (Å²) >= 11 is 0. The van der Waals surface area contributed by atoms with Gasteiger partial charge in [-0.25, -0.2) is 23.3 Å². The Labute approximate surface area is 159 Å². The van der Waals surface area contributed by atoms with E-state index in [1.807, 2.05) is 0 Å². The van der Waals surface area contributed by atoms with E-state index in [9.17, 15) is 13.6 Å². The van der Waals surface area contributed by atoms with Gasteiger partial charge in [0.1, 0.15) is 7.19 Å². The summed E-state index contributed by atoms with van der Waals surface area (Å²) in [5.41, 5.74) is 4.80. The maximum atomic E-state index is 14.0. The number of imidazole rings is 1. The van der Waals surface area contributed by atoms with E-state index in [1.165, 1.54) is 10.6 Å². The number of hydrogen-bond donors (Lipinski definition) is 2. The molecule has 0 radical (unpaired) electrons. The molecule has 138 valence electrons. The van der Waals surface area contributed by atoms with Crippen molar-refractivity contribution in [3.8, 4) is 11.3 Å². The molecule has 0 aliphatic rings. The van der Waals surface area contributed by atoms with Crippen LogP contribution in [-0.2, 0) is 11.8 Å². The molecule has 0 atom stereocenters. The number of pyridine rings is 1. The highest BCUT2D eigenvalue weighted by Crippen LogP contribution is 2.28. The smallest absolute Gasteiger partial charge is 0.211 e. The molecule has 11 heteroatoms. The minimum absolute atomic E-state index is 0.121. The van der Waals surface area contributed by atoms with Crippen LogP contribution in [0, 0.1) is 11.6 Å². The van der Waals surface area contributed by atoms with Crippen molar-refractivity contribution in [2.75, 3.05) is 11.1 Å². The zero-order valence-electron chi connectivity index (χ0n) is 19.3. The molecule has 9 nitrogen and oxygen atoms in total. The fourth-order valence-electron chi connectivity index (χ4n) is 2.07. The first-order valence-corrected chi connectivity index (χ1v) is 7.12. The maximum Gasteiger partial charge on any atom is 0.211 e. The molecule has 4 aromatic heterocycles. The third kappa shape index (κ3) is 3.86. The van der Waals surface area contributed by atoms with E-state index < -0.39 is 43.0 Å². The van der Waals surface area contributed by atoms with Crippen molar-refractivity contribution in [3.63, 3.8) is 0 Å². The summed E-state index contributed by atoms with van der Waals surface area (Å²) in [6.45, 7) is -2.83. The molecule has 4 heterocycles. The molecule has 0 saturated carbocycles. The lowest BCUT2D eigenvalue weighted by Gasteiger charge is -2.08. The Bertz CT molecular complexity index is 1300. The Morgan fingerprint density at radius 1 is 1.33 bits per heavy atom. The highest BCUT2D eigenvalue weighted by Gasteiger charge is 2.14. The number of nitrogen functional groups attached to an aromatic ring is 1. The lowest BCUT2D eigenvalue weighted by atomic mass is 10.1. The number of rotatable bonds is 3.